The molecule has 8 aromatic carbocycles. The van der Waals surface area contributed by atoms with Crippen LogP contribution in [0.3, 0.4) is 0 Å². The number of benzene rings is 8. The summed E-state index contributed by atoms with van der Waals surface area (Å²) in [6.07, 6.45) is 5.29. The fraction of sp³-hybridized carbons (Fsp3) is 0.209. The molecule has 0 fully saturated rings. The number of hydrogen-bond donors (Lipinski definition) is 10. The van der Waals surface area contributed by atoms with Gasteiger partial charge in [-0.25, -0.2) is 45.1 Å². The van der Waals surface area contributed by atoms with Crippen LogP contribution in [0.2, 0.25) is 0 Å². The molecule has 0 radical (unpaired) electrons. The molecule has 4 aliphatic carbocycles. The molecule has 7 heterocycles. The third-order valence-electron chi connectivity index (χ3n) is 24.0. The Morgan fingerprint density at radius 3 is 0.781 bits per heavy atom. The Labute approximate surface area is 636 Å². The molecule has 10 N–H and O–H groups in total. The highest BCUT2D eigenvalue weighted by Gasteiger charge is 2.60. The topological polar surface area (TPSA) is 256 Å². The van der Waals surface area contributed by atoms with Gasteiger partial charge in [-0.05, 0) is 189 Å². The number of aromatic amines is 2. The molecule has 578 valence electrons. The first-order valence-corrected chi connectivity index (χ1v) is 35.7. The molecule has 0 amide bonds. The summed E-state index contributed by atoms with van der Waals surface area (Å²) in [7, 11) is 0. The third-order valence-corrected chi connectivity index (χ3v) is 24.0. The van der Waals surface area contributed by atoms with Crippen molar-refractivity contribution in [2.24, 2.45) is 0 Å². The number of ether oxygens (including phenoxy) is 4. The molecule has 8 bridgehead atoms. The van der Waals surface area contributed by atoms with Gasteiger partial charge in [0.05, 0.1) is 45.0 Å². The second-order valence-electron chi connectivity index (χ2n) is 32.8. The number of phenols is 8. The zero-order chi connectivity index (χ0) is 80.8. The first-order valence-electron chi connectivity index (χ1n) is 35.7. The summed E-state index contributed by atoms with van der Waals surface area (Å²) >= 11 is 0. The monoisotopic (exact) mass is 1570 g/mol. The SMILES string of the molecule is CC1(C)CC2(CC(C)(C)c3cc4c(cc32)Oc2c(F)c(F)c(-c3c5nc(c(-c6c(F)c(O)c(O)c(F)c6F)c6ccc([nH]6)c(-c6c(F)c(O)c(O)c(F)c6F)c6nc(c(-c7c(F)c(F)c8c(c7F)Oc7cc9c(cc7O8)C(C)(C)CC97CC(C)(C)c8cc(O)c(O)cc87)c7ccc3[nH]7)C=C6)C=C5)c(F)c2O4)c2cc(O)c(O)cc21. The standard InChI is InChI=1S/C86H58F12N4O12/c1-81(2)25-85(33-19-47(105)45(103)17-29(33)81)28-84(7,8)32-22-50-51(23-35(32)85)112-78-68(94)60(63(89)71(97)79(78)113-50)56-42-14-12-40(101-42)54(58-62(88)70(96)76(110)74(108)66(58)92)38-10-9-37(99-38)53(57-61(87)69(95)75(109)73(107)65(57)91)39-11-13-41(100-39)55(43-15-16-44(56)102-43)59-64(90)72(98)80-77(67(59)93)111-49-21-31-36(24-52(49)114-80)86(27-83(31,5)6)26-82(3,4)30-18-46(104)48(106)20-34(30)86/h9-24,99,102-110H,25-28H2,1-8H3. The highest BCUT2D eigenvalue weighted by molar-refractivity contribution is 6.01. The maximum Gasteiger partial charge on any atom is 0.211 e. The van der Waals surface area contributed by atoms with E-state index in [0.717, 1.165) is 54.1 Å². The Morgan fingerprint density at radius 2 is 0.491 bits per heavy atom. The zero-order valence-electron chi connectivity index (χ0n) is 60.7. The molecule has 2 spiro atoms. The summed E-state index contributed by atoms with van der Waals surface area (Å²) in [5, 5.41) is 85.9. The second-order valence-corrected chi connectivity index (χ2v) is 32.8. The van der Waals surface area contributed by atoms with Crippen LogP contribution >= 0.6 is 0 Å². The first-order chi connectivity index (χ1) is 53.7. The van der Waals surface area contributed by atoms with Gasteiger partial charge in [0.1, 0.15) is 0 Å². The molecule has 4 aliphatic heterocycles. The Morgan fingerprint density at radius 1 is 0.272 bits per heavy atom. The average molecular weight is 1570 g/mol. The molecule has 2 atom stereocenters. The van der Waals surface area contributed by atoms with E-state index in [1.165, 1.54) is 24.3 Å². The first kappa shape index (κ1) is 71.4. The van der Waals surface area contributed by atoms with E-state index in [0.29, 0.717) is 64.6 Å². The Kier molecular flexibility index (Phi) is 14.4. The number of phenolic OH excluding ortho intramolecular Hbond substituents is 8. The number of rotatable bonds is 4. The largest absolute Gasteiger partial charge is 0.504 e. The Bertz CT molecular complexity index is 6620. The Balaban J connectivity index is 0.874. The van der Waals surface area contributed by atoms with Crippen LogP contribution in [0, 0.1) is 69.8 Å². The molecule has 8 aliphatic rings. The summed E-state index contributed by atoms with van der Waals surface area (Å²) in [4.78, 5) is 14.5. The predicted octanol–water partition coefficient (Wildman–Crippen LogP) is 21.7. The maximum atomic E-state index is 18.8. The fourth-order valence-corrected chi connectivity index (χ4v) is 19.4. The minimum absolute atomic E-state index is 0.200. The van der Waals surface area contributed by atoms with Gasteiger partial charge in [0.2, 0.25) is 46.3 Å². The van der Waals surface area contributed by atoms with E-state index in [4.69, 9.17) is 18.9 Å². The van der Waals surface area contributed by atoms with E-state index < -0.39 is 249 Å². The Hall–Kier alpha value is -12.9. The number of halogens is 12. The smallest absolute Gasteiger partial charge is 0.211 e. The third kappa shape index (κ3) is 9.37. The van der Waals surface area contributed by atoms with Crippen LogP contribution in [0.4, 0.5) is 52.7 Å². The van der Waals surface area contributed by atoms with Crippen LogP contribution < -0.4 is 18.9 Å². The van der Waals surface area contributed by atoms with Crippen molar-refractivity contribution in [3.05, 3.63) is 210 Å². The number of aromatic hydroxyl groups is 8. The van der Waals surface area contributed by atoms with E-state index in [1.807, 2.05) is 55.4 Å². The van der Waals surface area contributed by atoms with E-state index in [1.54, 1.807) is 24.3 Å². The van der Waals surface area contributed by atoms with Crippen molar-refractivity contribution >= 4 is 46.4 Å². The van der Waals surface area contributed by atoms with Gasteiger partial charge in [-0.3, -0.25) is 0 Å². The maximum absolute atomic E-state index is 18.8. The minimum atomic E-state index is -2.26. The summed E-state index contributed by atoms with van der Waals surface area (Å²) in [6.45, 7) is 15.5. The van der Waals surface area contributed by atoms with Crippen LogP contribution in [-0.4, -0.2) is 60.8 Å². The lowest BCUT2D eigenvalue weighted by Gasteiger charge is -2.31. The van der Waals surface area contributed by atoms with Crippen molar-refractivity contribution in [1.29, 1.82) is 0 Å². The van der Waals surface area contributed by atoms with Crippen molar-refractivity contribution in [2.75, 3.05) is 0 Å². The molecule has 3 aromatic heterocycles. The lowest BCUT2D eigenvalue weighted by Crippen LogP contribution is -2.27. The molecule has 19 rings (SSSR count). The van der Waals surface area contributed by atoms with E-state index in [2.05, 4.69) is 19.9 Å². The molecule has 2 unspecified atom stereocenters. The molecule has 0 saturated heterocycles. The normalized spacial score (nSPS) is 18.7. The summed E-state index contributed by atoms with van der Waals surface area (Å²) in [5.74, 6) is -39.0. The van der Waals surface area contributed by atoms with E-state index >= 15 is 52.7 Å². The van der Waals surface area contributed by atoms with Gasteiger partial charge in [-0.2, -0.15) is 17.6 Å². The summed E-state index contributed by atoms with van der Waals surface area (Å²) < 4.78 is 234. The predicted molar refractivity (Wildman–Crippen MR) is 392 cm³/mol. The van der Waals surface area contributed by atoms with Crippen molar-refractivity contribution in [1.82, 2.24) is 19.9 Å². The number of nitrogens with one attached hydrogen (secondary N) is 2. The van der Waals surface area contributed by atoms with Crippen LogP contribution in [0.5, 0.6) is 92.0 Å². The lowest BCUT2D eigenvalue weighted by atomic mass is 9.72. The van der Waals surface area contributed by atoms with Gasteiger partial charge in [-0.1, -0.05) is 55.4 Å². The average Bonchev–Trinajstić information content (AvgIpc) is 1.52. The van der Waals surface area contributed by atoms with Crippen molar-refractivity contribution < 1.29 is 112 Å². The second kappa shape index (κ2) is 22.9. The molecular weight excluding hydrogens is 1510 g/mol. The van der Waals surface area contributed by atoms with Crippen molar-refractivity contribution in [2.45, 2.75) is 114 Å². The molecule has 0 saturated carbocycles. The van der Waals surface area contributed by atoms with Crippen LogP contribution in [0.15, 0.2) is 72.8 Å². The van der Waals surface area contributed by atoms with E-state index in [9.17, 15) is 40.9 Å². The van der Waals surface area contributed by atoms with Gasteiger partial charge in [-0.15, -0.1) is 0 Å². The van der Waals surface area contributed by atoms with Crippen LogP contribution in [-0.2, 0) is 32.5 Å². The quantitative estimate of drug-likeness (QED) is 0.0447. The van der Waals surface area contributed by atoms with E-state index in [-0.39, 0.29) is 34.5 Å². The van der Waals surface area contributed by atoms with Crippen molar-refractivity contribution in [3.63, 3.8) is 0 Å². The molecular formula is C86H58F12N4O12. The van der Waals surface area contributed by atoms with Crippen LogP contribution in [0.25, 0.3) is 90.9 Å². The molecule has 16 nitrogen and oxygen atoms in total. The number of aromatic nitrogens is 4. The number of H-pyrrole nitrogens is 2. The van der Waals surface area contributed by atoms with Crippen LogP contribution in [0.1, 0.15) is 148 Å². The number of nitrogens with zero attached hydrogens (tertiary/aromatic N) is 2. The minimum Gasteiger partial charge on any atom is -0.504 e. The van der Waals surface area contributed by atoms with Gasteiger partial charge in [0, 0.05) is 55.2 Å². The van der Waals surface area contributed by atoms with Gasteiger partial charge in [0.25, 0.3) is 0 Å². The number of hydrogen-bond acceptors (Lipinski definition) is 14. The molecule has 114 heavy (non-hydrogen) atoms. The molecule has 28 heteroatoms. The zero-order valence-corrected chi connectivity index (χ0v) is 60.7. The van der Waals surface area contributed by atoms with Gasteiger partial charge in [0.15, 0.2) is 116 Å². The summed E-state index contributed by atoms with van der Waals surface area (Å²) in [5.41, 5.74) is -14.5. The lowest BCUT2D eigenvalue weighted by molar-refractivity contribution is 0.316. The van der Waals surface area contributed by atoms with Crippen molar-refractivity contribution in [3.8, 4) is 136 Å². The highest BCUT2D eigenvalue weighted by atomic mass is 19.2. The number of fused-ring (bicyclic) bond motifs is 20. The molecule has 11 aromatic rings. The van der Waals surface area contributed by atoms with Gasteiger partial charge < -0.3 is 69.8 Å². The summed E-state index contributed by atoms with van der Waals surface area (Å²) in [6, 6.07) is 15.9. The highest BCUT2D eigenvalue weighted by Crippen LogP contribution is 2.69. The van der Waals surface area contributed by atoms with Gasteiger partial charge >= 0.3 is 0 Å². The fourth-order valence-electron chi connectivity index (χ4n) is 19.4.